The van der Waals surface area contributed by atoms with Crippen LogP contribution in [0.1, 0.15) is 111 Å². The Morgan fingerprint density at radius 2 is 0.892 bits per heavy atom. The van der Waals surface area contributed by atoms with Gasteiger partial charge in [-0.1, -0.05) is 56.0 Å². The molecule has 348 valence electrons. The van der Waals surface area contributed by atoms with E-state index in [0.29, 0.717) is 0 Å². The number of likely N-dealkylation sites (tertiary alicyclic amines) is 3. The number of benzene rings is 4. The number of carboxylic acids is 1. The van der Waals surface area contributed by atoms with Gasteiger partial charge in [-0.3, -0.25) is 14.4 Å². The Morgan fingerprint density at radius 1 is 0.492 bits per heavy atom. The van der Waals surface area contributed by atoms with E-state index in [1.54, 1.807) is 12.1 Å². The van der Waals surface area contributed by atoms with Gasteiger partial charge in [0.15, 0.2) is 0 Å². The van der Waals surface area contributed by atoms with E-state index in [2.05, 4.69) is 27.2 Å². The summed E-state index contributed by atoms with van der Waals surface area (Å²) in [5, 5.41) is 12.2. The average molecular weight is 906 g/mol. The van der Waals surface area contributed by atoms with Gasteiger partial charge in [-0.2, -0.15) is 0 Å². The molecule has 2 N–H and O–H groups in total. The predicted octanol–water partition coefficient (Wildman–Crippen LogP) is 8.26. The van der Waals surface area contributed by atoms with E-state index in [4.69, 9.17) is 5.11 Å². The fraction of sp³-hybridized carbons (Fsp3) is 0.472. The van der Waals surface area contributed by atoms with Crippen LogP contribution in [0.4, 0.5) is 0 Å². The summed E-state index contributed by atoms with van der Waals surface area (Å²) in [5.74, 6) is -0.498. The lowest BCUT2D eigenvalue weighted by Crippen LogP contribution is -2.42. The molecule has 65 heavy (non-hydrogen) atoms. The average Bonchev–Trinajstić information content (AvgIpc) is 4.19. The number of amides is 3. The van der Waals surface area contributed by atoms with Gasteiger partial charge in [-0.05, 0) is 173 Å². The summed E-state index contributed by atoms with van der Waals surface area (Å²) in [6.45, 7) is 14.0. The number of carboxylic acid groups (broad SMARTS) is 1. The molecule has 4 saturated heterocycles. The van der Waals surface area contributed by atoms with Crippen LogP contribution in [0.25, 0.3) is 22.3 Å². The van der Waals surface area contributed by atoms with Gasteiger partial charge >= 0.3 is 5.97 Å². The topological polar surface area (TPSA) is 117 Å². The third-order valence-electron chi connectivity index (χ3n) is 13.6. The second-order valence-electron chi connectivity index (χ2n) is 17.8. The van der Waals surface area contributed by atoms with Crippen molar-refractivity contribution in [1.82, 2.24) is 29.8 Å². The number of hydrogen-bond donors (Lipinski definition) is 2. The van der Waals surface area contributed by atoms with E-state index in [1.807, 2.05) is 75.4 Å². The third-order valence-corrected chi connectivity index (χ3v) is 13.6. The molecule has 0 aliphatic carbocycles. The van der Waals surface area contributed by atoms with Gasteiger partial charge in [0.2, 0.25) is 0 Å². The van der Waals surface area contributed by atoms with Crippen molar-refractivity contribution in [1.29, 1.82) is 0 Å². The first kappa shape index (κ1) is 49.4. The molecule has 4 aromatic rings. The zero-order valence-corrected chi connectivity index (χ0v) is 38.1. The van der Waals surface area contributed by atoms with E-state index in [-0.39, 0.29) is 43.1 Å². The summed E-state index contributed by atoms with van der Waals surface area (Å²) in [7, 11) is 0. The molecule has 12 heteroatoms. The Bertz CT molecular complexity index is 2200. The standard InChI is InChI=1S/C26H31N3O2.C22H24N2O3.C4H9N.CH4.ClH/c30-25(28-14-3-4-15-28)21-7-5-20(6-8-21)22-9-10-24-23(19-22)11-16-29(26(24)31)18-17-27-12-1-2-13-27;25-21-20-8-7-18(16-3-5-17(6-4-16)22(26)27)15-19(20)9-12-24(21)14-13-23-10-1-2-11-23;1-2-4-5-3-1;;/h5-10,19H,1-4,11-18H2;3-8,15H,1-2,9-14H2,(H,26,27);5H,1-4H2;1H4;1H. The van der Waals surface area contributed by atoms with Gasteiger partial charge in [-0.15, -0.1) is 12.4 Å². The largest absolute Gasteiger partial charge is 0.478 e. The number of carbonyl (C=O) groups excluding carboxylic acids is 3. The first-order valence-electron chi connectivity index (χ1n) is 23.5. The fourth-order valence-corrected chi connectivity index (χ4v) is 9.73. The first-order valence-corrected chi connectivity index (χ1v) is 23.5. The first-order chi connectivity index (χ1) is 30.8. The Balaban J connectivity index is 0.000000190. The zero-order valence-electron chi connectivity index (χ0n) is 37.3. The van der Waals surface area contributed by atoms with Gasteiger partial charge in [0.1, 0.15) is 0 Å². The number of rotatable bonds is 10. The van der Waals surface area contributed by atoms with Crippen molar-refractivity contribution in [3.05, 3.63) is 118 Å². The van der Waals surface area contributed by atoms with Crippen molar-refractivity contribution in [2.24, 2.45) is 0 Å². The minimum atomic E-state index is -0.924. The minimum absolute atomic E-state index is 0. The van der Waals surface area contributed by atoms with Gasteiger partial charge in [0.05, 0.1) is 5.56 Å². The van der Waals surface area contributed by atoms with Crippen molar-refractivity contribution in [2.45, 2.75) is 71.6 Å². The second-order valence-corrected chi connectivity index (χ2v) is 17.8. The number of halogens is 1. The highest BCUT2D eigenvalue weighted by Gasteiger charge is 2.27. The minimum Gasteiger partial charge on any atom is -0.478 e. The van der Waals surface area contributed by atoms with Crippen molar-refractivity contribution in [3.63, 3.8) is 0 Å². The molecule has 6 heterocycles. The smallest absolute Gasteiger partial charge is 0.335 e. The quantitative estimate of drug-likeness (QED) is 0.164. The molecular weight excluding hydrogens is 836 g/mol. The molecular formula is C53H69ClN6O5. The van der Waals surface area contributed by atoms with Gasteiger partial charge in [0, 0.05) is 69.0 Å². The molecule has 0 bridgehead atoms. The van der Waals surface area contributed by atoms with E-state index in [1.165, 1.54) is 64.7 Å². The lowest BCUT2D eigenvalue weighted by atomic mass is 9.93. The van der Waals surface area contributed by atoms with E-state index in [0.717, 1.165) is 141 Å². The Kier molecular flexibility index (Phi) is 18.2. The van der Waals surface area contributed by atoms with E-state index >= 15 is 0 Å². The van der Waals surface area contributed by atoms with E-state index < -0.39 is 5.97 Å². The van der Waals surface area contributed by atoms with Crippen LogP contribution in [0, 0.1) is 0 Å². The molecule has 0 aromatic heterocycles. The van der Waals surface area contributed by atoms with Crippen LogP contribution in [0.2, 0.25) is 0 Å². The number of nitrogens with one attached hydrogen (secondary N) is 1. The third kappa shape index (κ3) is 12.6. The summed E-state index contributed by atoms with van der Waals surface area (Å²) in [4.78, 5) is 60.2. The monoisotopic (exact) mass is 905 g/mol. The van der Waals surface area contributed by atoms with Crippen LogP contribution in [0.15, 0.2) is 84.9 Å². The normalized spacial score (nSPS) is 18.1. The molecule has 3 amide bonds. The second kappa shape index (κ2) is 23.9. The number of hydrogen-bond acceptors (Lipinski definition) is 7. The molecule has 4 fully saturated rings. The number of nitrogens with zero attached hydrogens (tertiary/aromatic N) is 5. The lowest BCUT2D eigenvalue weighted by Gasteiger charge is -2.30. The molecule has 0 unspecified atom stereocenters. The Labute approximate surface area is 392 Å². The van der Waals surface area contributed by atoms with Crippen molar-refractivity contribution >= 4 is 36.1 Å². The Hall–Kier alpha value is -5.07. The van der Waals surface area contributed by atoms with Gasteiger partial charge in [0.25, 0.3) is 17.7 Å². The molecule has 10 rings (SSSR count). The molecule has 6 aliphatic rings. The molecule has 0 radical (unpaired) electrons. The maximum atomic E-state index is 13.0. The predicted molar refractivity (Wildman–Crippen MR) is 262 cm³/mol. The van der Waals surface area contributed by atoms with Crippen molar-refractivity contribution < 1.29 is 24.3 Å². The van der Waals surface area contributed by atoms with E-state index in [9.17, 15) is 19.2 Å². The van der Waals surface area contributed by atoms with Gasteiger partial charge < -0.3 is 34.9 Å². The van der Waals surface area contributed by atoms with Crippen LogP contribution in [0.5, 0.6) is 0 Å². The number of aromatic carboxylic acids is 1. The zero-order chi connectivity index (χ0) is 43.5. The molecule has 4 aromatic carbocycles. The summed E-state index contributed by atoms with van der Waals surface area (Å²) < 4.78 is 0. The lowest BCUT2D eigenvalue weighted by molar-refractivity contribution is 0.0692. The highest BCUT2D eigenvalue weighted by atomic mass is 35.5. The summed E-state index contributed by atoms with van der Waals surface area (Å²) >= 11 is 0. The van der Waals surface area contributed by atoms with Crippen LogP contribution in [-0.4, -0.2) is 145 Å². The number of carbonyl (C=O) groups is 4. The highest BCUT2D eigenvalue weighted by Crippen LogP contribution is 2.29. The molecule has 0 saturated carbocycles. The summed E-state index contributed by atoms with van der Waals surface area (Å²) in [6, 6.07) is 26.9. The summed E-state index contributed by atoms with van der Waals surface area (Å²) in [6.07, 6.45) is 11.9. The van der Waals surface area contributed by atoms with Crippen LogP contribution in [0.3, 0.4) is 0 Å². The van der Waals surface area contributed by atoms with Crippen molar-refractivity contribution in [2.75, 3.05) is 91.6 Å². The van der Waals surface area contributed by atoms with Gasteiger partial charge in [-0.25, -0.2) is 4.79 Å². The van der Waals surface area contributed by atoms with Crippen LogP contribution < -0.4 is 5.32 Å². The van der Waals surface area contributed by atoms with Crippen molar-refractivity contribution in [3.8, 4) is 22.3 Å². The molecule has 0 spiro atoms. The molecule has 11 nitrogen and oxygen atoms in total. The van der Waals surface area contributed by atoms with Crippen LogP contribution >= 0.6 is 12.4 Å². The molecule has 6 aliphatic heterocycles. The van der Waals surface area contributed by atoms with Crippen LogP contribution in [-0.2, 0) is 12.8 Å². The summed E-state index contributed by atoms with van der Waals surface area (Å²) in [5.41, 5.74) is 9.07. The SMILES string of the molecule is C.C1CCNC1.Cl.O=C(O)c1ccc(-c2ccc3c(c2)CCN(CCN2CCCC2)C3=O)cc1.O=C(c1ccc(-c2ccc3c(c2)CCN(CCN2CCCC2)C3=O)cc1)N1CCCC1. The Morgan fingerprint density at radius 3 is 1.29 bits per heavy atom. The molecule has 0 atom stereocenters. The fourth-order valence-electron chi connectivity index (χ4n) is 9.73. The maximum absolute atomic E-state index is 13.0. The maximum Gasteiger partial charge on any atom is 0.335 e. The highest BCUT2D eigenvalue weighted by molar-refractivity contribution is 5.98. The number of fused-ring (bicyclic) bond motifs is 2.